The van der Waals surface area contributed by atoms with Gasteiger partial charge in [-0.25, -0.2) is 4.98 Å². The van der Waals surface area contributed by atoms with E-state index in [4.69, 9.17) is 0 Å². The number of halogens is 3. The summed E-state index contributed by atoms with van der Waals surface area (Å²) in [5.74, 6) is 0. The lowest BCUT2D eigenvalue weighted by atomic mass is 10.1. The van der Waals surface area contributed by atoms with E-state index in [0.717, 1.165) is 12.1 Å². The Morgan fingerprint density at radius 3 is 2.32 bits per heavy atom. The summed E-state index contributed by atoms with van der Waals surface area (Å²) in [6, 6.07) is 12.8. The van der Waals surface area contributed by atoms with Crippen molar-refractivity contribution in [2.24, 2.45) is 0 Å². The molecule has 0 N–H and O–H groups in total. The van der Waals surface area contributed by atoms with Gasteiger partial charge in [0.15, 0.2) is 0 Å². The molecule has 0 radical (unpaired) electrons. The van der Waals surface area contributed by atoms with Crippen molar-refractivity contribution in [1.82, 2.24) is 4.98 Å². The van der Waals surface area contributed by atoms with Gasteiger partial charge in [-0.3, -0.25) is 10.1 Å². The molecule has 0 fully saturated rings. The quantitative estimate of drug-likeness (QED) is 0.476. The van der Waals surface area contributed by atoms with Crippen LogP contribution < -0.4 is 0 Å². The van der Waals surface area contributed by atoms with E-state index in [9.17, 15) is 23.3 Å². The highest BCUT2D eigenvalue weighted by molar-refractivity contribution is 5.88. The van der Waals surface area contributed by atoms with Gasteiger partial charge in [0.2, 0.25) is 0 Å². The minimum Gasteiger partial charge on any atom is -0.258 e. The van der Waals surface area contributed by atoms with E-state index in [2.05, 4.69) is 4.98 Å². The van der Waals surface area contributed by atoms with E-state index >= 15 is 0 Å². The van der Waals surface area contributed by atoms with Crippen molar-refractivity contribution in [1.29, 1.82) is 0 Å². The van der Waals surface area contributed by atoms with Crippen LogP contribution >= 0.6 is 0 Å². The number of nitro benzene ring substituents is 1. The molecule has 0 saturated carbocycles. The molecule has 4 nitrogen and oxygen atoms in total. The zero-order valence-electron chi connectivity index (χ0n) is 12.7. The first-order valence-corrected chi connectivity index (χ1v) is 7.24. The molecular formula is C18H11F3N2O2. The van der Waals surface area contributed by atoms with Crippen molar-refractivity contribution >= 4 is 28.7 Å². The molecule has 0 atom stereocenters. The van der Waals surface area contributed by atoms with Gasteiger partial charge in [-0.1, -0.05) is 36.4 Å². The summed E-state index contributed by atoms with van der Waals surface area (Å²) >= 11 is 0. The molecule has 126 valence electrons. The molecule has 3 rings (SSSR count). The first-order valence-electron chi connectivity index (χ1n) is 7.24. The van der Waals surface area contributed by atoms with Gasteiger partial charge in [-0.2, -0.15) is 13.2 Å². The van der Waals surface area contributed by atoms with Crippen molar-refractivity contribution in [3.63, 3.8) is 0 Å². The molecule has 7 heteroatoms. The Morgan fingerprint density at radius 1 is 0.960 bits per heavy atom. The maximum atomic E-state index is 12.5. The maximum Gasteiger partial charge on any atom is 0.416 e. The Kier molecular flexibility index (Phi) is 4.22. The van der Waals surface area contributed by atoms with Crippen molar-refractivity contribution in [2.45, 2.75) is 6.18 Å². The number of pyridine rings is 1. The van der Waals surface area contributed by atoms with E-state index in [1.165, 1.54) is 18.2 Å². The summed E-state index contributed by atoms with van der Waals surface area (Å²) < 4.78 is 37.6. The van der Waals surface area contributed by atoms with Crippen LogP contribution in [0, 0.1) is 10.1 Å². The predicted molar refractivity (Wildman–Crippen MR) is 88.8 cm³/mol. The van der Waals surface area contributed by atoms with Gasteiger partial charge in [-0.15, -0.1) is 0 Å². The largest absolute Gasteiger partial charge is 0.416 e. The summed E-state index contributed by atoms with van der Waals surface area (Å²) in [6.45, 7) is 0. The van der Waals surface area contributed by atoms with Gasteiger partial charge in [0.1, 0.15) is 5.52 Å². The van der Waals surface area contributed by atoms with E-state index in [1.54, 1.807) is 36.4 Å². The third kappa shape index (κ3) is 3.65. The number of hydrogen-bond acceptors (Lipinski definition) is 3. The Labute approximate surface area is 140 Å². The number of hydrogen-bond donors (Lipinski definition) is 0. The Morgan fingerprint density at radius 2 is 1.68 bits per heavy atom. The first-order chi connectivity index (χ1) is 11.8. The van der Waals surface area contributed by atoms with Gasteiger partial charge in [0.25, 0.3) is 5.69 Å². The minimum atomic E-state index is -4.37. The fourth-order valence-corrected chi connectivity index (χ4v) is 2.35. The Bertz CT molecular complexity index is 964. The molecule has 25 heavy (non-hydrogen) atoms. The Hall–Kier alpha value is -3.22. The molecule has 0 amide bonds. The van der Waals surface area contributed by atoms with Crippen LogP contribution in [0.25, 0.3) is 23.1 Å². The van der Waals surface area contributed by atoms with Crippen LogP contribution in [0.3, 0.4) is 0 Å². The predicted octanol–water partition coefficient (Wildman–Crippen LogP) is 5.33. The second kappa shape index (κ2) is 6.35. The molecule has 0 saturated heterocycles. The smallest absolute Gasteiger partial charge is 0.258 e. The molecular weight excluding hydrogens is 333 g/mol. The second-order valence-electron chi connectivity index (χ2n) is 5.30. The van der Waals surface area contributed by atoms with Crippen molar-refractivity contribution < 1.29 is 18.1 Å². The zero-order valence-corrected chi connectivity index (χ0v) is 12.7. The van der Waals surface area contributed by atoms with Gasteiger partial charge in [0, 0.05) is 11.5 Å². The molecule has 2 aromatic carbocycles. The van der Waals surface area contributed by atoms with E-state index in [-0.39, 0.29) is 11.2 Å². The first kappa shape index (κ1) is 16.6. The fraction of sp³-hybridized carbons (Fsp3) is 0.0556. The number of para-hydroxylation sites is 1. The van der Waals surface area contributed by atoms with E-state index < -0.39 is 16.7 Å². The van der Waals surface area contributed by atoms with Crippen LogP contribution in [0.15, 0.2) is 54.6 Å². The van der Waals surface area contributed by atoms with Crippen LogP contribution in [0.2, 0.25) is 0 Å². The second-order valence-corrected chi connectivity index (χ2v) is 5.30. The summed E-state index contributed by atoms with van der Waals surface area (Å²) in [7, 11) is 0. The number of rotatable bonds is 3. The topological polar surface area (TPSA) is 56.0 Å². The van der Waals surface area contributed by atoms with Gasteiger partial charge >= 0.3 is 6.18 Å². The number of alkyl halides is 3. The number of nitrogens with zero attached hydrogens (tertiary/aromatic N) is 2. The minimum absolute atomic E-state index is 0.0951. The number of benzene rings is 2. The van der Waals surface area contributed by atoms with Crippen molar-refractivity contribution in [2.75, 3.05) is 0 Å². The molecule has 0 aliphatic carbocycles. The van der Waals surface area contributed by atoms with Crippen LogP contribution in [0.1, 0.15) is 16.8 Å². The summed E-state index contributed by atoms with van der Waals surface area (Å²) in [5.41, 5.74) is 0.493. The lowest BCUT2D eigenvalue weighted by molar-refractivity contribution is -0.383. The number of non-ortho nitro benzene ring substituents is 1. The molecule has 0 aliphatic rings. The van der Waals surface area contributed by atoms with Crippen LogP contribution in [-0.4, -0.2) is 9.91 Å². The van der Waals surface area contributed by atoms with Gasteiger partial charge < -0.3 is 0 Å². The lowest BCUT2D eigenvalue weighted by Gasteiger charge is -2.05. The summed E-state index contributed by atoms with van der Waals surface area (Å²) in [4.78, 5) is 14.8. The van der Waals surface area contributed by atoms with E-state index in [0.29, 0.717) is 16.6 Å². The SMILES string of the molecule is O=[N+]([O-])c1cccc2ccc(C=Cc3ccc(C(F)(F)F)cc3)nc12. The highest BCUT2D eigenvalue weighted by atomic mass is 19.4. The molecule has 1 aromatic heterocycles. The van der Waals surface area contributed by atoms with Gasteiger partial charge in [-0.05, 0) is 29.8 Å². The highest BCUT2D eigenvalue weighted by Crippen LogP contribution is 2.29. The van der Waals surface area contributed by atoms with Crippen LogP contribution in [0.4, 0.5) is 18.9 Å². The third-order valence-corrected chi connectivity index (χ3v) is 3.60. The molecule has 0 bridgehead atoms. The molecule has 0 aliphatic heterocycles. The standard InChI is InChI=1S/C18H11F3N2O2/c19-18(20,21)14-8-4-12(5-9-14)6-10-15-11-7-13-2-1-3-16(23(24)25)17(13)22-15/h1-11H. The van der Waals surface area contributed by atoms with Crippen molar-refractivity contribution in [3.8, 4) is 0 Å². The van der Waals surface area contributed by atoms with Crippen molar-refractivity contribution in [3.05, 3.63) is 81.5 Å². The molecule has 3 aromatic rings. The average molecular weight is 344 g/mol. The average Bonchev–Trinajstić information content (AvgIpc) is 2.58. The lowest BCUT2D eigenvalue weighted by Crippen LogP contribution is -2.03. The van der Waals surface area contributed by atoms with Crippen LogP contribution in [-0.2, 0) is 6.18 Å². The summed E-state index contributed by atoms with van der Waals surface area (Å²) in [5, 5.41) is 11.7. The number of aromatic nitrogens is 1. The summed E-state index contributed by atoms with van der Waals surface area (Å²) in [6.07, 6.45) is -1.18. The highest BCUT2D eigenvalue weighted by Gasteiger charge is 2.29. The monoisotopic (exact) mass is 344 g/mol. The third-order valence-electron chi connectivity index (χ3n) is 3.60. The number of nitro groups is 1. The zero-order chi connectivity index (χ0) is 18.0. The van der Waals surface area contributed by atoms with Gasteiger partial charge in [0.05, 0.1) is 16.2 Å². The van der Waals surface area contributed by atoms with E-state index in [1.807, 2.05) is 0 Å². The maximum absolute atomic E-state index is 12.5. The molecule has 1 heterocycles. The molecule has 0 unspecified atom stereocenters. The fourth-order valence-electron chi connectivity index (χ4n) is 2.35. The number of fused-ring (bicyclic) bond motifs is 1. The van der Waals surface area contributed by atoms with Crippen LogP contribution in [0.5, 0.6) is 0 Å². The molecule has 0 spiro atoms. The Balaban J connectivity index is 1.91. The normalized spacial score (nSPS) is 12.0.